The van der Waals surface area contributed by atoms with Crippen molar-refractivity contribution in [2.24, 2.45) is 0 Å². The zero-order valence-electron chi connectivity index (χ0n) is 17.0. The first-order valence-corrected chi connectivity index (χ1v) is 11.6. The van der Waals surface area contributed by atoms with E-state index in [1.165, 1.54) is 0 Å². The molecule has 0 unspecified atom stereocenters. The van der Waals surface area contributed by atoms with Gasteiger partial charge in [0.15, 0.2) is 0 Å². The van der Waals surface area contributed by atoms with Crippen molar-refractivity contribution >= 4 is 18.8 Å². The van der Waals surface area contributed by atoms with Gasteiger partial charge in [-0.25, -0.2) is 0 Å². The summed E-state index contributed by atoms with van der Waals surface area (Å²) in [5.41, 5.74) is 8.61. The predicted molar refractivity (Wildman–Crippen MR) is 113 cm³/mol. The normalized spacial score (nSPS) is 12.1. The Hall–Kier alpha value is -1.72. The van der Waals surface area contributed by atoms with E-state index in [0.717, 1.165) is 27.5 Å². The van der Waals surface area contributed by atoms with Gasteiger partial charge >= 0.3 is 0 Å². The van der Waals surface area contributed by atoms with Crippen LogP contribution in [0, 0.1) is 25.3 Å². The molecular formula is C23H32OSi. The quantitative estimate of drug-likeness (QED) is 0.479. The first-order chi connectivity index (χ1) is 11.6. The minimum absolute atomic E-state index is 0.380. The van der Waals surface area contributed by atoms with Crippen molar-refractivity contribution in [3.05, 3.63) is 41.0 Å². The fourth-order valence-corrected chi connectivity index (χ4v) is 9.60. The monoisotopic (exact) mass is 352 g/mol. The van der Waals surface area contributed by atoms with Gasteiger partial charge in [-0.15, -0.1) is 5.54 Å². The third kappa shape index (κ3) is 3.35. The largest absolute Gasteiger partial charge is 0.507 e. The molecule has 0 saturated heterocycles. The molecule has 1 N–H and O–H groups in total. The molecule has 1 nitrogen and oxygen atoms in total. The summed E-state index contributed by atoms with van der Waals surface area (Å²) in [6.07, 6.45) is 0. The second kappa shape index (κ2) is 7.26. The molecule has 0 aliphatic rings. The average molecular weight is 353 g/mol. The molecule has 0 atom stereocenters. The van der Waals surface area contributed by atoms with E-state index in [1.807, 2.05) is 26.0 Å². The minimum atomic E-state index is -1.78. The average Bonchev–Trinajstić information content (AvgIpc) is 2.52. The van der Waals surface area contributed by atoms with Gasteiger partial charge in [-0.2, -0.15) is 0 Å². The van der Waals surface area contributed by atoms with Gasteiger partial charge in [0.1, 0.15) is 13.8 Å². The van der Waals surface area contributed by atoms with Crippen LogP contribution >= 0.6 is 0 Å². The molecule has 0 aliphatic heterocycles. The number of phenols is 1. The van der Waals surface area contributed by atoms with E-state index in [-0.39, 0.29) is 0 Å². The van der Waals surface area contributed by atoms with Crippen LogP contribution < -0.4 is 0 Å². The molecule has 0 fully saturated rings. The molecule has 0 aliphatic carbocycles. The number of hydrogen-bond acceptors (Lipinski definition) is 1. The second-order valence-electron chi connectivity index (χ2n) is 8.22. The summed E-state index contributed by atoms with van der Waals surface area (Å²) in [7, 11) is -1.78. The van der Waals surface area contributed by atoms with Crippen LogP contribution in [0.3, 0.4) is 0 Å². The number of aromatic hydroxyl groups is 1. The molecule has 2 rings (SSSR count). The Morgan fingerprint density at radius 2 is 1.48 bits per heavy atom. The summed E-state index contributed by atoms with van der Waals surface area (Å²) >= 11 is 0. The Kier molecular flexibility index (Phi) is 5.69. The Morgan fingerprint density at radius 3 is 2.00 bits per heavy atom. The number of phenolic OH excluding ortho intramolecular Hbond substituents is 1. The summed E-state index contributed by atoms with van der Waals surface area (Å²) in [6.45, 7) is 18.0. The van der Waals surface area contributed by atoms with Crippen molar-refractivity contribution < 1.29 is 5.11 Å². The lowest BCUT2D eigenvalue weighted by molar-refractivity contribution is 0.477. The van der Waals surface area contributed by atoms with Gasteiger partial charge in [-0.05, 0) is 53.1 Å². The lowest BCUT2D eigenvalue weighted by Gasteiger charge is -2.38. The molecule has 0 aromatic heterocycles. The molecule has 134 valence electrons. The topological polar surface area (TPSA) is 20.2 Å². The van der Waals surface area contributed by atoms with E-state index >= 15 is 0 Å². The zero-order chi connectivity index (χ0) is 18.9. The van der Waals surface area contributed by atoms with Crippen molar-refractivity contribution in [2.75, 3.05) is 0 Å². The van der Waals surface area contributed by atoms with Gasteiger partial charge in [0.2, 0.25) is 0 Å². The smallest absolute Gasteiger partial charge is 0.146 e. The first-order valence-electron chi connectivity index (χ1n) is 9.38. The van der Waals surface area contributed by atoms with Gasteiger partial charge < -0.3 is 5.11 Å². The zero-order valence-corrected chi connectivity index (χ0v) is 18.0. The molecule has 25 heavy (non-hydrogen) atoms. The van der Waals surface area contributed by atoms with E-state index in [4.69, 9.17) is 0 Å². The van der Waals surface area contributed by atoms with Crippen LogP contribution in [0.1, 0.15) is 58.2 Å². The van der Waals surface area contributed by atoms with Crippen LogP contribution in [0.15, 0.2) is 24.3 Å². The van der Waals surface area contributed by atoms with Crippen LogP contribution in [0.4, 0.5) is 0 Å². The Bertz CT molecular complexity index is 813. The molecule has 2 aromatic rings. The highest BCUT2D eigenvalue weighted by Crippen LogP contribution is 2.41. The van der Waals surface area contributed by atoms with Crippen molar-refractivity contribution in [1.29, 1.82) is 0 Å². The molecule has 0 radical (unpaired) electrons. The molecule has 0 bridgehead atoms. The molecule has 2 heteroatoms. The lowest BCUT2D eigenvalue weighted by Crippen LogP contribution is -2.43. The summed E-state index contributed by atoms with van der Waals surface area (Å²) in [4.78, 5) is 0. The summed E-state index contributed by atoms with van der Waals surface area (Å²) in [5.74, 6) is 3.89. The SMILES string of the molecule is Cc1cc2cccc(C#C[Si](C(C)C)(C(C)C)C(C)C)c2c(O)c1C. The fraction of sp³-hybridized carbons (Fsp3) is 0.478. The predicted octanol–water partition coefficient (Wildman–Crippen LogP) is 6.73. The fourth-order valence-electron chi connectivity index (χ4n) is 4.38. The van der Waals surface area contributed by atoms with Crippen molar-refractivity contribution in [2.45, 2.75) is 72.0 Å². The maximum absolute atomic E-state index is 10.7. The summed E-state index contributed by atoms with van der Waals surface area (Å²) in [6, 6.07) is 8.30. The molecular weight excluding hydrogens is 320 g/mol. The highest BCUT2D eigenvalue weighted by Gasteiger charge is 2.41. The van der Waals surface area contributed by atoms with Gasteiger partial charge in [-0.3, -0.25) is 0 Å². The summed E-state index contributed by atoms with van der Waals surface area (Å²) in [5, 5.41) is 12.7. The van der Waals surface area contributed by atoms with Crippen LogP contribution in [0.25, 0.3) is 10.8 Å². The Labute approximate surface area is 154 Å². The van der Waals surface area contributed by atoms with E-state index < -0.39 is 8.07 Å². The number of hydrogen-bond donors (Lipinski definition) is 1. The number of rotatable bonds is 3. The maximum Gasteiger partial charge on any atom is 0.146 e. The highest BCUT2D eigenvalue weighted by molar-refractivity contribution is 6.90. The minimum Gasteiger partial charge on any atom is -0.507 e. The first kappa shape index (κ1) is 19.6. The van der Waals surface area contributed by atoms with Crippen LogP contribution in [-0.4, -0.2) is 13.2 Å². The third-order valence-electron chi connectivity index (χ3n) is 5.93. The van der Waals surface area contributed by atoms with E-state index in [1.54, 1.807) is 0 Å². The van der Waals surface area contributed by atoms with E-state index in [0.29, 0.717) is 22.4 Å². The number of aryl methyl sites for hydroxylation is 1. The highest BCUT2D eigenvalue weighted by atomic mass is 28.3. The molecule has 2 aromatic carbocycles. The molecule has 0 heterocycles. The number of benzene rings is 2. The second-order valence-corrected chi connectivity index (χ2v) is 13.8. The molecule has 0 spiro atoms. The van der Waals surface area contributed by atoms with Crippen molar-refractivity contribution in [3.63, 3.8) is 0 Å². The van der Waals surface area contributed by atoms with Crippen molar-refractivity contribution in [3.8, 4) is 17.2 Å². The Morgan fingerprint density at radius 1 is 0.920 bits per heavy atom. The van der Waals surface area contributed by atoms with Crippen molar-refractivity contribution in [1.82, 2.24) is 0 Å². The standard InChI is InChI=1S/C23H32OSi/c1-15(2)25(16(3)4,17(5)6)13-12-20-10-9-11-21-14-18(7)19(8)23(24)22(20)21/h9-11,14-17,24H,1-8H3. The van der Waals surface area contributed by atoms with Gasteiger partial charge in [0.05, 0.1) is 0 Å². The maximum atomic E-state index is 10.7. The van der Waals surface area contributed by atoms with E-state index in [2.05, 4.69) is 65.1 Å². The van der Waals surface area contributed by atoms with Crippen LogP contribution in [0.2, 0.25) is 16.6 Å². The van der Waals surface area contributed by atoms with Crippen LogP contribution in [0.5, 0.6) is 5.75 Å². The van der Waals surface area contributed by atoms with Gasteiger partial charge in [-0.1, -0.05) is 65.7 Å². The third-order valence-corrected chi connectivity index (χ3v) is 12.2. The summed E-state index contributed by atoms with van der Waals surface area (Å²) < 4.78 is 0. The van der Waals surface area contributed by atoms with Gasteiger partial charge in [0, 0.05) is 10.9 Å². The van der Waals surface area contributed by atoms with Crippen LogP contribution in [-0.2, 0) is 0 Å². The molecule has 0 saturated carbocycles. The van der Waals surface area contributed by atoms with E-state index in [9.17, 15) is 5.11 Å². The molecule has 0 amide bonds. The Balaban J connectivity index is 2.73. The number of fused-ring (bicyclic) bond motifs is 1. The van der Waals surface area contributed by atoms with Gasteiger partial charge in [0.25, 0.3) is 0 Å². The lowest BCUT2D eigenvalue weighted by atomic mass is 9.98.